The van der Waals surface area contributed by atoms with E-state index < -0.39 is 11.8 Å². The van der Waals surface area contributed by atoms with Crippen LogP contribution in [-0.2, 0) is 9.59 Å². The maximum Gasteiger partial charge on any atom is 0.283 e. The van der Waals surface area contributed by atoms with Gasteiger partial charge in [-0.3, -0.25) is 9.59 Å². The molecular weight excluding hydrogens is 419 g/mol. The molecule has 9 heteroatoms. The van der Waals surface area contributed by atoms with Gasteiger partial charge in [0.2, 0.25) is 0 Å². The third kappa shape index (κ3) is 3.71. The molecule has 0 fully saturated rings. The highest BCUT2D eigenvalue weighted by atomic mass is 35.5. The van der Waals surface area contributed by atoms with E-state index in [2.05, 4.69) is 5.32 Å². The molecule has 2 aromatic carbocycles. The minimum atomic E-state index is -0.674. The number of anilines is 2. The molecule has 1 aliphatic heterocycles. The van der Waals surface area contributed by atoms with Crippen LogP contribution in [0.2, 0.25) is 5.02 Å². The smallest absolute Gasteiger partial charge is 0.283 e. The van der Waals surface area contributed by atoms with Crippen molar-refractivity contribution in [3.05, 3.63) is 51.6 Å². The lowest BCUT2D eigenvalue weighted by Gasteiger charge is -2.19. The van der Waals surface area contributed by atoms with E-state index in [1.165, 1.54) is 21.3 Å². The van der Waals surface area contributed by atoms with Crippen LogP contribution in [0.15, 0.2) is 41.1 Å². The first-order valence-corrected chi connectivity index (χ1v) is 9.19. The first-order valence-electron chi connectivity index (χ1n) is 8.44. The summed E-state index contributed by atoms with van der Waals surface area (Å²) in [6, 6.07) is 8.05. The lowest BCUT2D eigenvalue weighted by molar-refractivity contribution is -0.120. The molecule has 0 saturated heterocycles. The van der Waals surface area contributed by atoms with Crippen LogP contribution in [0.25, 0.3) is 0 Å². The molecule has 1 aliphatic rings. The number of nitrogens with zero attached hydrogens (tertiary/aromatic N) is 1. The van der Waals surface area contributed by atoms with Gasteiger partial charge < -0.3 is 19.5 Å². The lowest BCUT2D eigenvalue weighted by atomic mass is 10.2. The van der Waals surface area contributed by atoms with Crippen molar-refractivity contribution in [2.24, 2.45) is 0 Å². The number of carbonyl (C=O) groups excluding carboxylic acids is 2. The van der Waals surface area contributed by atoms with Gasteiger partial charge in [0, 0.05) is 17.2 Å². The van der Waals surface area contributed by atoms with Crippen molar-refractivity contribution in [3.8, 4) is 17.2 Å². The van der Waals surface area contributed by atoms with Crippen LogP contribution < -0.4 is 24.4 Å². The Hall–Kier alpha value is -2.90. The highest BCUT2D eigenvalue weighted by molar-refractivity contribution is 6.53. The van der Waals surface area contributed by atoms with E-state index in [-0.39, 0.29) is 22.2 Å². The summed E-state index contributed by atoms with van der Waals surface area (Å²) in [5, 5.41) is 3.16. The molecule has 3 rings (SSSR count). The van der Waals surface area contributed by atoms with Crippen LogP contribution >= 0.6 is 23.2 Å². The van der Waals surface area contributed by atoms with Crippen molar-refractivity contribution in [2.75, 3.05) is 31.5 Å². The predicted molar refractivity (Wildman–Crippen MR) is 111 cm³/mol. The van der Waals surface area contributed by atoms with Gasteiger partial charge in [-0.15, -0.1) is 0 Å². The molecule has 0 aromatic heterocycles. The molecule has 1 N–H and O–H groups in total. The summed E-state index contributed by atoms with van der Waals surface area (Å²) < 4.78 is 15.8. The van der Waals surface area contributed by atoms with Crippen molar-refractivity contribution in [1.29, 1.82) is 0 Å². The van der Waals surface area contributed by atoms with Crippen molar-refractivity contribution in [2.45, 2.75) is 6.92 Å². The Kier molecular flexibility index (Phi) is 5.91. The van der Waals surface area contributed by atoms with Crippen LogP contribution in [-0.4, -0.2) is 33.1 Å². The molecule has 152 valence electrons. The number of halogens is 2. The Morgan fingerprint density at radius 3 is 2.21 bits per heavy atom. The van der Waals surface area contributed by atoms with E-state index in [1.807, 2.05) is 0 Å². The number of imide groups is 1. The Morgan fingerprint density at radius 1 is 0.897 bits per heavy atom. The fourth-order valence-corrected chi connectivity index (χ4v) is 3.23. The molecule has 0 aliphatic carbocycles. The summed E-state index contributed by atoms with van der Waals surface area (Å²) in [4.78, 5) is 26.7. The quantitative estimate of drug-likeness (QED) is 0.686. The van der Waals surface area contributed by atoms with E-state index >= 15 is 0 Å². The van der Waals surface area contributed by atoms with Gasteiger partial charge in [-0.2, -0.15) is 0 Å². The van der Waals surface area contributed by atoms with Crippen molar-refractivity contribution in [3.63, 3.8) is 0 Å². The first-order chi connectivity index (χ1) is 13.8. The maximum absolute atomic E-state index is 13.1. The second-order valence-corrected chi connectivity index (χ2v) is 6.88. The number of methoxy groups -OCH3 is 3. The number of amides is 2. The van der Waals surface area contributed by atoms with Gasteiger partial charge in [-0.1, -0.05) is 23.2 Å². The van der Waals surface area contributed by atoms with Crippen molar-refractivity contribution < 1.29 is 23.8 Å². The van der Waals surface area contributed by atoms with Gasteiger partial charge in [0.25, 0.3) is 11.8 Å². The van der Waals surface area contributed by atoms with Gasteiger partial charge in [-0.25, -0.2) is 4.90 Å². The lowest BCUT2D eigenvalue weighted by Crippen LogP contribution is -2.32. The van der Waals surface area contributed by atoms with E-state index in [0.717, 1.165) is 10.5 Å². The molecule has 2 aromatic rings. The standard InChI is InChI=1S/C20H18Cl2N2O5/c1-10-7-13(15(28-3)9-12(10)21)23-18-17(22)19(25)24(20(18)26)14-6-5-11(27-2)8-16(14)29-4/h5-9,23H,1-4H3. The van der Waals surface area contributed by atoms with Crippen molar-refractivity contribution >= 4 is 46.4 Å². The van der Waals surface area contributed by atoms with E-state index in [4.69, 9.17) is 37.4 Å². The van der Waals surface area contributed by atoms with Gasteiger partial charge in [0.05, 0.1) is 32.7 Å². The molecule has 0 radical (unpaired) electrons. The molecule has 29 heavy (non-hydrogen) atoms. The molecule has 0 bridgehead atoms. The molecule has 0 saturated carbocycles. The van der Waals surface area contributed by atoms with Gasteiger partial charge in [0.15, 0.2) is 0 Å². The van der Waals surface area contributed by atoms with Crippen molar-refractivity contribution in [1.82, 2.24) is 0 Å². The Balaban J connectivity index is 1.99. The summed E-state index contributed by atoms with van der Waals surface area (Å²) >= 11 is 12.3. The van der Waals surface area contributed by atoms with Gasteiger partial charge in [-0.05, 0) is 30.7 Å². The number of aryl methyl sites for hydroxylation is 1. The summed E-state index contributed by atoms with van der Waals surface area (Å²) in [7, 11) is 4.40. The predicted octanol–water partition coefficient (Wildman–Crippen LogP) is 4.11. The average Bonchev–Trinajstić information content (AvgIpc) is 2.93. The number of hydrogen-bond donors (Lipinski definition) is 1. The molecule has 1 heterocycles. The molecule has 0 unspecified atom stereocenters. The Morgan fingerprint density at radius 2 is 1.59 bits per heavy atom. The number of nitrogens with one attached hydrogen (secondary N) is 1. The number of benzene rings is 2. The van der Waals surface area contributed by atoms with Crippen LogP contribution in [0.5, 0.6) is 17.2 Å². The van der Waals surface area contributed by atoms with E-state index in [1.54, 1.807) is 37.3 Å². The van der Waals surface area contributed by atoms with Crippen LogP contribution in [0.1, 0.15) is 5.56 Å². The summed E-state index contributed by atoms with van der Waals surface area (Å²) in [5.41, 5.74) is 1.39. The second-order valence-electron chi connectivity index (χ2n) is 6.10. The fraction of sp³-hybridized carbons (Fsp3) is 0.200. The average molecular weight is 437 g/mol. The van der Waals surface area contributed by atoms with Gasteiger partial charge >= 0.3 is 0 Å². The Bertz CT molecular complexity index is 1040. The number of hydrogen-bond acceptors (Lipinski definition) is 6. The molecular formula is C20H18Cl2N2O5. The summed E-state index contributed by atoms with van der Waals surface area (Å²) in [6.07, 6.45) is 0. The second kappa shape index (κ2) is 8.23. The topological polar surface area (TPSA) is 77.1 Å². The molecule has 2 amide bonds. The van der Waals surface area contributed by atoms with E-state index in [0.29, 0.717) is 22.2 Å². The Labute approximate surface area is 177 Å². The first kappa shape index (κ1) is 20.8. The van der Waals surface area contributed by atoms with Gasteiger partial charge in [0.1, 0.15) is 28.0 Å². The number of rotatable bonds is 6. The highest BCUT2D eigenvalue weighted by Crippen LogP contribution is 2.39. The fourth-order valence-electron chi connectivity index (χ4n) is 2.86. The van der Waals surface area contributed by atoms with Crippen LogP contribution in [0, 0.1) is 6.92 Å². The number of carbonyl (C=O) groups is 2. The summed E-state index contributed by atoms with van der Waals surface area (Å²) in [5.74, 6) is -0.0936. The third-order valence-electron chi connectivity index (χ3n) is 4.40. The zero-order valence-electron chi connectivity index (χ0n) is 16.1. The maximum atomic E-state index is 13.1. The minimum Gasteiger partial charge on any atom is -0.497 e. The van der Waals surface area contributed by atoms with Crippen LogP contribution in [0.4, 0.5) is 11.4 Å². The molecule has 7 nitrogen and oxygen atoms in total. The highest BCUT2D eigenvalue weighted by Gasteiger charge is 2.40. The zero-order valence-corrected chi connectivity index (χ0v) is 17.6. The van der Waals surface area contributed by atoms with E-state index in [9.17, 15) is 9.59 Å². The molecule has 0 atom stereocenters. The zero-order chi connectivity index (χ0) is 21.3. The van der Waals surface area contributed by atoms with Crippen LogP contribution in [0.3, 0.4) is 0 Å². The normalized spacial score (nSPS) is 13.8. The minimum absolute atomic E-state index is 0.0745. The number of ether oxygens (including phenoxy) is 3. The largest absolute Gasteiger partial charge is 0.497 e. The monoisotopic (exact) mass is 436 g/mol. The molecule has 0 spiro atoms. The third-order valence-corrected chi connectivity index (χ3v) is 5.15. The summed E-state index contributed by atoms with van der Waals surface area (Å²) in [6.45, 7) is 1.80. The SMILES string of the molecule is COc1ccc(N2C(=O)C(Cl)=C(Nc3cc(C)c(Cl)cc3OC)C2=O)c(OC)c1.